The summed E-state index contributed by atoms with van der Waals surface area (Å²) in [7, 11) is 0. The number of nitrogens with one attached hydrogen (secondary N) is 2. The number of aliphatic hydroxyl groups is 2. The van der Waals surface area contributed by atoms with E-state index in [0.29, 0.717) is 37.9 Å². The number of rotatable bonds is 4. The number of amides is 1. The van der Waals surface area contributed by atoms with Crippen LogP contribution in [0, 0.1) is 11.2 Å². The van der Waals surface area contributed by atoms with Crippen molar-refractivity contribution in [3.8, 4) is 0 Å². The van der Waals surface area contributed by atoms with Crippen LogP contribution in [0.3, 0.4) is 0 Å². The molecule has 0 radical (unpaired) electrons. The first-order valence-corrected chi connectivity index (χ1v) is 7.63. The normalized spacial score (nSPS) is 29.9. The average molecular weight is 308 g/mol. The molecule has 2 fully saturated rings. The first-order valence-electron chi connectivity index (χ1n) is 7.63. The van der Waals surface area contributed by atoms with Gasteiger partial charge in [0.2, 0.25) is 5.91 Å². The van der Waals surface area contributed by atoms with Crippen molar-refractivity contribution in [1.82, 2.24) is 10.6 Å². The molecule has 2 aliphatic rings. The predicted molar refractivity (Wildman–Crippen MR) is 78.6 cm³/mol. The minimum Gasteiger partial charge on any atom is -0.390 e. The number of carbonyl (C=O) groups excluding carboxylic acids is 1. The highest BCUT2D eigenvalue weighted by Gasteiger charge is 2.46. The van der Waals surface area contributed by atoms with E-state index in [0.717, 1.165) is 0 Å². The zero-order valence-electron chi connectivity index (χ0n) is 12.3. The van der Waals surface area contributed by atoms with E-state index in [1.807, 2.05) is 0 Å². The van der Waals surface area contributed by atoms with Crippen molar-refractivity contribution in [2.45, 2.75) is 37.5 Å². The first-order chi connectivity index (χ1) is 10.5. The van der Waals surface area contributed by atoms with Gasteiger partial charge in [0.15, 0.2) is 0 Å². The van der Waals surface area contributed by atoms with E-state index >= 15 is 0 Å². The van der Waals surface area contributed by atoms with Gasteiger partial charge in [0.1, 0.15) is 5.82 Å². The Hall–Kier alpha value is -1.50. The standard InChI is InChI=1S/C16H21FN2O3/c17-11-4-2-1-3-10(11)7-16(8-18-9-16)15(22)19-12-5-6-13(20)14(12)21/h1-4,12-14,18,20-21H,5-9H2,(H,19,22)/t12-,13-,14-/m1/s1. The van der Waals surface area contributed by atoms with Crippen molar-refractivity contribution in [2.24, 2.45) is 5.41 Å². The molecule has 1 saturated heterocycles. The van der Waals surface area contributed by atoms with Gasteiger partial charge < -0.3 is 20.8 Å². The summed E-state index contributed by atoms with van der Waals surface area (Å²) in [5.41, 5.74) is -0.165. The van der Waals surface area contributed by atoms with Crippen molar-refractivity contribution in [2.75, 3.05) is 13.1 Å². The van der Waals surface area contributed by atoms with Gasteiger partial charge in [0.05, 0.1) is 23.7 Å². The zero-order chi connectivity index (χ0) is 15.7. The van der Waals surface area contributed by atoms with Crippen LogP contribution in [0.1, 0.15) is 18.4 Å². The summed E-state index contributed by atoms with van der Waals surface area (Å²) in [6, 6.07) is 6.04. The van der Waals surface area contributed by atoms with E-state index in [2.05, 4.69) is 10.6 Å². The van der Waals surface area contributed by atoms with Crippen LogP contribution >= 0.6 is 0 Å². The summed E-state index contributed by atoms with van der Waals surface area (Å²) >= 11 is 0. The van der Waals surface area contributed by atoms with E-state index in [4.69, 9.17) is 0 Å². The van der Waals surface area contributed by atoms with E-state index in [9.17, 15) is 19.4 Å². The monoisotopic (exact) mass is 308 g/mol. The van der Waals surface area contributed by atoms with Crippen molar-refractivity contribution in [3.05, 3.63) is 35.6 Å². The quantitative estimate of drug-likeness (QED) is 0.629. The molecule has 22 heavy (non-hydrogen) atoms. The Labute approximate surface area is 128 Å². The first kappa shape index (κ1) is 15.4. The Balaban J connectivity index is 1.70. The van der Waals surface area contributed by atoms with E-state index < -0.39 is 23.7 Å². The van der Waals surface area contributed by atoms with Gasteiger partial charge in [0.25, 0.3) is 0 Å². The van der Waals surface area contributed by atoms with Gasteiger partial charge in [-0.2, -0.15) is 0 Å². The lowest BCUT2D eigenvalue weighted by atomic mass is 9.75. The maximum atomic E-state index is 13.8. The fourth-order valence-corrected chi connectivity index (χ4v) is 3.24. The predicted octanol–water partition coefficient (Wildman–Crippen LogP) is -0.0418. The summed E-state index contributed by atoms with van der Waals surface area (Å²) in [6.07, 6.45) is -0.360. The molecule has 1 aliphatic carbocycles. The molecule has 5 nitrogen and oxygen atoms in total. The SMILES string of the molecule is O=C(N[C@@H]1CC[C@@H](O)[C@@H]1O)C1(Cc2ccccc2F)CNC1. The minimum atomic E-state index is -0.928. The molecule has 3 atom stereocenters. The fraction of sp³-hybridized carbons (Fsp3) is 0.562. The zero-order valence-corrected chi connectivity index (χ0v) is 12.3. The molecule has 1 heterocycles. The molecule has 6 heteroatoms. The molecule has 3 rings (SSSR count). The lowest BCUT2D eigenvalue weighted by Crippen LogP contribution is -2.64. The van der Waals surface area contributed by atoms with Crippen molar-refractivity contribution in [3.63, 3.8) is 0 Å². The molecule has 1 aliphatic heterocycles. The third-order valence-corrected chi connectivity index (χ3v) is 4.79. The van der Waals surface area contributed by atoms with E-state index in [1.54, 1.807) is 18.2 Å². The maximum absolute atomic E-state index is 13.8. The number of carbonyl (C=O) groups is 1. The van der Waals surface area contributed by atoms with Crippen LogP contribution in [0.5, 0.6) is 0 Å². The third kappa shape index (κ3) is 2.74. The second-order valence-corrected chi connectivity index (χ2v) is 6.37. The number of hydrogen-bond acceptors (Lipinski definition) is 4. The highest BCUT2D eigenvalue weighted by Crippen LogP contribution is 2.30. The molecule has 1 aromatic carbocycles. The second kappa shape index (κ2) is 5.95. The van der Waals surface area contributed by atoms with Gasteiger partial charge >= 0.3 is 0 Å². The summed E-state index contributed by atoms with van der Waals surface area (Å²) in [6.45, 7) is 0.969. The average Bonchev–Trinajstić information content (AvgIpc) is 2.76. The van der Waals surface area contributed by atoms with Gasteiger partial charge in [-0.3, -0.25) is 4.79 Å². The second-order valence-electron chi connectivity index (χ2n) is 6.37. The van der Waals surface area contributed by atoms with Gasteiger partial charge in [0, 0.05) is 13.1 Å². The van der Waals surface area contributed by atoms with Crippen LogP contribution in [0.25, 0.3) is 0 Å². The number of aliphatic hydroxyl groups excluding tert-OH is 2. The highest BCUT2D eigenvalue weighted by atomic mass is 19.1. The maximum Gasteiger partial charge on any atom is 0.229 e. The van der Waals surface area contributed by atoms with Crippen molar-refractivity contribution in [1.29, 1.82) is 0 Å². The number of hydrogen-bond donors (Lipinski definition) is 4. The largest absolute Gasteiger partial charge is 0.390 e. The Kier molecular flexibility index (Phi) is 4.16. The summed E-state index contributed by atoms with van der Waals surface area (Å²) in [5, 5.41) is 25.3. The van der Waals surface area contributed by atoms with Crippen LogP contribution < -0.4 is 10.6 Å². The summed E-state index contributed by atoms with van der Waals surface area (Å²) in [5.74, 6) is -0.495. The van der Waals surface area contributed by atoms with E-state index in [1.165, 1.54) is 6.07 Å². The molecule has 1 saturated carbocycles. The van der Waals surface area contributed by atoms with Gasteiger partial charge in [-0.25, -0.2) is 4.39 Å². The van der Waals surface area contributed by atoms with Crippen LogP contribution in [0.2, 0.25) is 0 Å². The lowest BCUT2D eigenvalue weighted by molar-refractivity contribution is -0.135. The van der Waals surface area contributed by atoms with Gasteiger partial charge in [-0.1, -0.05) is 18.2 Å². The lowest BCUT2D eigenvalue weighted by Gasteiger charge is -2.42. The Bertz CT molecular complexity index is 562. The Morgan fingerprint density at radius 1 is 1.32 bits per heavy atom. The van der Waals surface area contributed by atoms with Crippen LogP contribution in [-0.4, -0.2) is 47.5 Å². The Morgan fingerprint density at radius 3 is 2.59 bits per heavy atom. The highest BCUT2D eigenvalue weighted by molar-refractivity contribution is 5.85. The molecule has 4 N–H and O–H groups in total. The molecular formula is C16H21FN2O3. The molecule has 1 amide bonds. The topological polar surface area (TPSA) is 81.6 Å². The van der Waals surface area contributed by atoms with Crippen molar-refractivity contribution < 1.29 is 19.4 Å². The summed E-state index contributed by atoms with van der Waals surface area (Å²) in [4.78, 5) is 12.6. The molecule has 0 bridgehead atoms. The smallest absolute Gasteiger partial charge is 0.229 e. The van der Waals surface area contributed by atoms with Crippen LogP contribution in [0.4, 0.5) is 4.39 Å². The molecule has 0 unspecified atom stereocenters. The number of benzene rings is 1. The molecule has 0 aromatic heterocycles. The Morgan fingerprint density at radius 2 is 2.05 bits per heavy atom. The molecule has 0 spiro atoms. The summed E-state index contributed by atoms with van der Waals surface area (Å²) < 4.78 is 13.8. The number of halogens is 1. The van der Waals surface area contributed by atoms with E-state index in [-0.39, 0.29) is 11.7 Å². The van der Waals surface area contributed by atoms with Crippen LogP contribution in [-0.2, 0) is 11.2 Å². The minimum absolute atomic E-state index is 0.187. The van der Waals surface area contributed by atoms with Crippen LogP contribution in [0.15, 0.2) is 24.3 Å². The molecule has 1 aromatic rings. The van der Waals surface area contributed by atoms with Gasteiger partial charge in [-0.15, -0.1) is 0 Å². The molecular weight excluding hydrogens is 287 g/mol. The fourth-order valence-electron chi connectivity index (χ4n) is 3.24. The van der Waals surface area contributed by atoms with Gasteiger partial charge in [-0.05, 0) is 30.9 Å². The molecule has 120 valence electrons. The third-order valence-electron chi connectivity index (χ3n) is 4.79. The van der Waals surface area contributed by atoms with Crippen molar-refractivity contribution >= 4 is 5.91 Å².